The second-order valence-corrected chi connectivity index (χ2v) is 15.3. The summed E-state index contributed by atoms with van der Waals surface area (Å²) in [7, 11) is -7.45. The van der Waals surface area contributed by atoms with E-state index in [0.29, 0.717) is 23.3 Å². The second kappa shape index (κ2) is 10.8. The van der Waals surface area contributed by atoms with E-state index in [9.17, 15) is 16.8 Å². The van der Waals surface area contributed by atoms with Crippen LogP contribution in [-0.4, -0.2) is 44.4 Å². The van der Waals surface area contributed by atoms with E-state index < -0.39 is 25.6 Å². The first-order valence-corrected chi connectivity index (χ1v) is 17.4. The van der Waals surface area contributed by atoms with Gasteiger partial charge in [-0.3, -0.25) is 0 Å². The first-order chi connectivity index (χ1) is 19.9. The largest absolute Gasteiger partial charge is 0.347 e. The molecule has 10 heteroatoms. The van der Waals surface area contributed by atoms with Gasteiger partial charge in [-0.2, -0.15) is 0 Å². The quantitative estimate of drug-likeness (QED) is 0.250. The van der Waals surface area contributed by atoms with Crippen molar-refractivity contribution in [2.24, 2.45) is 5.92 Å². The number of fused-ring (bicyclic) bond motifs is 1. The third-order valence-corrected chi connectivity index (χ3v) is 10.8. The number of hydrogen-bond donors (Lipinski definition) is 0. The Morgan fingerprint density at radius 2 is 1.64 bits per heavy atom. The lowest BCUT2D eigenvalue weighted by Crippen LogP contribution is -2.19. The van der Waals surface area contributed by atoms with E-state index in [0.717, 1.165) is 42.4 Å². The number of hydrogen-bond acceptors (Lipinski definition) is 7. The van der Waals surface area contributed by atoms with Crippen LogP contribution in [0.15, 0.2) is 88.8 Å². The van der Waals surface area contributed by atoms with Crippen LogP contribution in [0.5, 0.6) is 0 Å². The summed E-state index contributed by atoms with van der Waals surface area (Å²) in [5, 5.41) is 0.653. The minimum atomic E-state index is -4.06. The Kier molecular flexibility index (Phi) is 7.37. The zero-order chi connectivity index (χ0) is 29.7. The molecule has 0 bridgehead atoms. The second-order valence-electron chi connectivity index (χ2n) is 11.5. The number of rotatable bonds is 7. The topological polar surface area (TPSA) is 105 Å². The summed E-state index contributed by atoms with van der Waals surface area (Å²) in [6.45, 7) is 4.08. The van der Waals surface area contributed by atoms with Crippen molar-refractivity contribution in [3.8, 4) is 0 Å². The Morgan fingerprint density at radius 1 is 0.952 bits per heavy atom. The summed E-state index contributed by atoms with van der Waals surface area (Å²) < 4.78 is 66.1. The predicted octanol–water partition coefficient (Wildman–Crippen LogP) is 6.12. The highest BCUT2D eigenvalue weighted by molar-refractivity contribution is 7.90. The van der Waals surface area contributed by atoms with Gasteiger partial charge in [-0.05, 0) is 74.6 Å². The van der Waals surface area contributed by atoms with Gasteiger partial charge in [0.25, 0.3) is 10.0 Å². The lowest BCUT2D eigenvalue weighted by Gasteiger charge is -2.17. The lowest BCUT2D eigenvalue weighted by atomic mass is 9.96. The number of sulfone groups is 1. The van der Waals surface area contributed by atoms with Crippen molar-refractivity contribution in [1.82, 2.24) is 8.96 Å². The Morgan fingerprint density at radius 3 is 2.26 bits per heavy atom. The van der Waals surface area contributed by atoms with E-state index in [1.807, 2.05) is 26.0 Å². The Labute approximate surface area is 247 Å². The van der Waals surface area contributed by atoms with Crippen LogP contribution in [-0.2, 0) is 29.3 Å². The molecule has 1 unspecified atom stereocenters. The molecular weight excluding hydrogens is 572 g/mol. The molecule has 1 saturated carbocycles. The van der Waals surface area contributed by atoms with E-state index >= 15 is 0 Å². The molecule has 42 heavy (non-hydrogen) atoms. The van der Waals surface area contributed by atoms with Gasteiger partial charge in [0.1, 0.15) is 6.10 Å². The highest BCUT2D eigenvalue weighted by atomic mass is 32.2. The molecule has 2 aromatic carbocycles. The molecule has 2 fully saturated rings. The van der Waals surface area contributed by atoms with E-state index in [1.165, 1.54) is 10.2 Å². The Balaban J connectivity index is 1.58. The highest BCUT2D eigenvalue weighted by Crippen LogP contribution is 2.38. The third kappa shape index (κ3) is 5.56. The zero-order valence-electron chi connectivity index (χ0n) is 23.9. The standard InChI is InChI=1S/C32H34N2O6S2/c1-32(2)39-21-30(40-32)25-18-24-19-29(34(31(24)33-20-25)42(37,38)27-11-5-4-6-12-27)28(17-22-9-7-8-10-22)23-13-15-26(16-14-23)41(3,35)36/h4-6,11-20,22,30H,7-10,21H2,1-3H3/b28-17+. The molecular formula is C32H34N2O6S2. The molecule has 8 nitrogen and oxygen atoms in total. The average Bonchev–Trinajstić information content (AvgIpc) is 3.70. The van der Waals surface area contributed by atoms with Crippen LogP contribution >= 0.6 is 0 Å². The van der Waals surface area contributed by atoms with Gasteiger partial charge in [0.15, 0.2) is 21.3 Å². The molecule has 0 amide bonds. The predicted molar refractivity (Wildman–Crippen MR) is 161 cm³/mol. The normalized spacial score (nSPS) is 20.0. The van der Waals surface area contributed by atoms with Crippen molar-refractivity contribution in [3.63, 3.8) is 0 Å². The number of ether oxygens (including phenoxy) is 2. The van der Waals surface area contributed by atoms with Crippen molar-refractivity contribution >= 4 is 36.5 Å². The summed E-state index contributed by atoms with van der Waals surface area (Å²) in [5.41, 5.74) is 3.04. The maximum absolute atomic E-state index is 14.3. The van der Waals surface area contributed by atoms with Crippen LogP contribution in [0.25, 0.3) is 16.6 Å². The van der Waals surface area contributed by atoms with Crippen LogP contribution in [0.2, 0.25) is 0 Å². The van der Waals surface area contributed by atoms with Crippen molar-refractivity contribution in [2.45, 2.75) is 61.2 Å². The fraction of sp³-hybridized carbons (Fsp3) is 0.344. The van der Waals surface area contributed by atoms with Crippen LogP contribution in [0.3, 0.4) is 0 Å². The van der Waals surface area contributed by atoms with Crippen molar-refractivity contribution in [2.75, 3.05) is 12.9 Å². The minimum Gasteiger partial charge on any atom is -0.347 e. The third-order valence-electron chi connectivity index (χ3n) is 7.95. The number of benzene rings is 2. The summed E-state index contributed by atoms with van der Waals surface area (Å²) in [6.07, 6.45) is 8.87. The maximum Gasteiger partial charge on any atom is 0.269 e. The molecule has 1 aliphatic heterocycles. The molecule has 1 saturated heterocycles. The molecule has 0 N–H and O–H groups in total. The van der Waals surface area contributed by atoms with E-state index in [4.69, 9.17) is 9.47 Å². The summed E-state index contributed by atoms with van der Waals surface area (Å²) >= 11 is 0. The van der Waals surface area contributed by atoms with E-state index in [-0.39, 0.29) is 21.8 Å². The van der Waals surface area contributed by atoms with E-state index in [2.05, 4.69) is 11.1 Å². The zero-order valence-corrected chi connectivity index (χ0v) is 25.5. The first kappa shape index (κ1) is 28.8. The van der Waals surface area contributed by atoms with Gasteiger partial charge in [0, 0.05) is 29.0 Å². The summed E-state index contributed by atoms with van der Waals surface area (Å²) in [6, 6.07) is 18.7. The molecule has 4 aromatic rings. The lowest BCUT2D eigenvalue weighted by molar-refractivity contribution is -0.139. The van der Waals surface area contributed by atoms with Gasteiger partial charge in [0.2, 0.25) is 0 Å². The van der Waals surface area contributed by atoms with Gasteiger partial charge in [0.05, 0.1) is 22.1 Å². The van der Waals surface area contributed by atoms with Gasteiger partial charge in [-0.25, -0.2) is 25.8 Å². The SMILES string of the molecule is CC1(C)OCC(c2cnc3c(c2)cc(/C(=C/C2CCCC2)c2ccc(S(C)(=O)=O)cc2)n3S(=O)(=O)c2ccccc2)O1. The molecule has 220 valence electrons. The van der Waals surface area contributed by atoms with Crippen molar-refractivity contribution in [1.29, 1.82) is 0 Å². The van der Waals surface area contributed by atoms with Gasteiger partial charge in [-0.1, -0.05) is 49.2 Å². The molecule has 2 aliphatic rings. The minimum absolute atomic E-state index is 0.150. The molecule has 0 radical (unpaired) electrons. The van der Waals surface area contributed by atoms with Crippen LogP contribution in [0.4, 0.5) is 0 Å². The molecule has 6 rings (SSSR count). The molecule has 1 atom stereocenters. The molecule has 1 aliphatic carbocycles. The fourth-order valence-corrected chi connectivity index (χ4v) is 7.95. The molecule has 3 heterocycles. The van der Waals surface area contributed by atoms with Crippen LogP contribution in [0.1, 0.15) is 62.5 Å². The first-order valence-electron chi connectivity index (χ1n) is 14.1. The summed E-state index contributed by atoms with van der Waals surface area (Å²) in [4.78, 5) is 5.04. The molecule has 0 spiro atoms. The smallest absolute Gasteiger partial charge is 0.269 e. The molecule has 2 aromatic heterocycles. The Hall–Kier alpha value is -3.31. The van der Waals surface area contributed by atoms with Gasteiger partial charge < -0.3 is 9.47 Å². The summed E-state index contributed by atoms with van der Waals surface area (Å²) in [5.74, 6) is -0.446. The van der Waals surface area contributed by atoms with Crippen LogP contribution in [0, 0.1) is 5.92 Å². The van der Waals surface area contributed by atoms with Gasteiger partial charge >= 0.3 is 0 Å². The van der Waals surface area contributed by atoms with Crippen molar-refractivity contribution in [3.05, 3.63) is 95.8 Å². The van der Waals surface area contributed by atoms with E-state index in [1.54, 1.807) is 60.8 Å². The fourth-order valence-electron chi connectivity index (χ4n) is 5.81. The van der Waals surface area contributed by atoms with Crippen LogP contribution < -0.4 is 0 Å². The van der Waals surface area contributed by atoms with Crippen molar-refractivity contribution < 1.29 is 26.3 Å². The number of nitrogens with zero attached hydrogens (tertiary/aromatic N) is 2. The maximum atomic E-state index is 14.3. The number of allylic oxidation sites excluding steroid dienone is 1. The number of pyridine rings is 1. The monoisotopic (exact) mass is 606 g/mol. The Bertz CT molecular complexity index is 1870. The van der Waals surface area contributed by atoms with Gasteiger partial charge in [-0.15, -0.1) is 0 Å². The number of aromatic nitrogens is 2. The average molecular weight is 607 g/mol. The highest BCUT2D eigenvalue weighted by Gasteiger charge is 2.34.